The van der Waals surface area contributed by atoms with Crippen LogP contribution in [0.4, 0.5) is 4.39 Å². The summed E-state index contributed by atoms with van der Waals surface area (Å²) in [7, 11) is -6.26. The molecule has 13 heteroatoms. The van der Waals surface area contributed by atoms with E-state index in [0.29, 0.717) is 24.4 Å². The highest BCUT2D eigenvalue weighted by Crippen LogP contribution is 2.38. The van der Waals surface area contributed by atoms with Gasteiger partial charge in [0.25, 0.3) is 0 Å². The average molecular weight is 638 g/mol. The van der Waals surface area contributed by atoms with E-state index >= 15 is 0 Å². The molecular formula is C29H33ClFN3O6S2. The number of halogens is 2. The first-order valence-electron chi connectivity index (χ1n) is 13.5. The summed E-state index contributed by atoms with van der Waals surface area (Å²) in [6.07, 6.45) is -0.197. The monoisotopic (exact) mass is 637 g/mol. The van der Waals surface area contributed by atoms with E-state index in [9.17, 15) is 26.3 Å². The van der Waals surface area contributed by atoms with E-state index < -0.39 is 37.4 Å². The van der Waals surface area contributed by atoms with Gasteiger partial charge in [0.15, 0.2) is 0 Å². The quantitative estimate of drug-likeness (QED) is 0.451. The molecule has 2 aliphatic rings. The van der Waals surface area contributed by atoms with Crippen LogP contribution in [-0.2, 0) is 20.0 Å². The number of piperidine rings is 1. The molecule has 0 bridgehead atoms. The van der Waals surface area contributed by atoms with Gasteiger partial charge in [-0.25, -0.2) is 25.9 Å². The van der Waals surface area contributed by atoms with Gasteiger partial charge < -0.3 is 14.7 Å². The number of rotatable bonds is 3. The zero-order chi connectivity index (χ0) is 30.1. The zero-order valence-electron chi connectivity index (χ0n) is 23.0. The van der Waals surface area contributed by atoms with Crippen LogP contribution >= 0.6 is 11.6 Å². The maximum absolute atomic E-state index is 14.4. The van der Waals surface area contributed by atoms with E-state index in [2.05, 4.69) is 4.72 Å². The minimum atomic E-state index is -4.05. The second-order valence-electron chi connectivity index (χ2n) is 11.0. The molecule has 2 heterocycles. The van der Waals surface area contributed by atoms with Crippen molar-refractivity contribution in [3.63, 3.8) is 0 Å². The molecule has 2 N–H and O–H groups in total. The van der Waals surface area contributed by atoms with Gasteiger partial charge in [0.1, 0.15) is 21.4 Å². The molecule has 0 radical (unpaired) electrons. The molecule has 1 fully saturated rings. The normalized spacial score (nSPS) is 22.0. The molecule has 42 heavy (non-hydrogen) atoms. The Morgan fingerprint density at radius 3 is 2.40 bits per heavy atom. The summed E-state index contributed by atoms with van der Waals surface area (Å²) in [6.45, 7) is 0.850. The summed E-state index contributed by atoms with van der Waals surface area (Å²) in [5.74, 6) is -0.655. The molecular weight excluding hydrogens is 605 g/mol. The smallest absolute Gasteiger partial charge is 0.245 e. The number of hydrogen-bond donors (Lipinski definition) is 2. The van der Waals surface area contributed by atoms with Crippen LogP contribution in [0.15, 0.2) is 76.5 Å². The van der Waals surface area contributed by atoms with Crippen LogP contribution in [0.2, 0.25) is 5.02 Å². The van der Waals surface area contributed by atoms with Gasteiger partial charge in [-0.15, -0.1) is 0 Å². The Kier molecular flexibility index (Phi) is 8.96. The third-order valence-corrected chi connectivity index (χ3v) is 11.5. The van der Waals surface area contributed by atoms with Crippen molar-refractivity contribution in [2.24, 2.45) is 5.41 Å². The van der Waals surface area contributed by atoms with E-state index in [-0.39, 0.29) is 48.3 Å². The van der Waals surface area contributed by atoms with E-state index in [1.807, 2.05) is 24.1 Å². The molecule has 2 aliphatic heterocycles. The Hall–Kier alpha value is -2.58. The van der Waals surface area contributed by atoms with Crippen molar-refractivity contribution in [3.05, 3.63) is 77.6 Å². The van der Waals surface area contributed by atoms with Crippen LogP contribution in [-0.4, -0.2) is 83.6 Å². The highest BCUT2D eigenvalue weighted by Gasteiger charge is 2.41. The topological polar surface area (TPSA) is 116 Å². The van der Waals surface area contributed by atoms with Crippen LogP contribution in [0.1, 0.15) is 12.8 Å². The molecule has 0 amide bonds. The fraction of sp³-hybridized carbons (Fsp3) is 0.379. The predicted octanol–water partition coefficient (Wildman–Crippen LogP) is 3.58. The van der Waals surface area contributed by atoms with Crippen LogP contribution in [0.5, 0.6) is 5.75 Å². The van der Waals surface area contributed by atoms with Crippen molar-refractivity contribution in [2.75, 3.05) is 46.4 Å². The molecule has 5 rings (SSSR count). The minimum absolute atomic E-state index is 0.0592. The second-order valence-corrected chi connectivity index (χ2v) is 15.1. The number of nitrogens with zero attached hydrogens (tertiary/aromatic N) is 2. The van der Waals surface area contributed by atoms with E-state index in [0.717, 1.165) is 17.2 Å². The summed E-state index contributed by atoms with van der Waals surface area (Å²) in [4.78, 5) is 1.48. The number of hydrogen-bond acceptors (Lipinski definition) is 7. The lowest BCUT2D eigenvalue weighted by molar-refractivity contribution is 0.0318. The van der Waals surface area contributed by atoms with Gasteiger partial charge in [0.2, 0.25) is 20.0 Å². The summed E-state index contributed by atoms with van der Waals surface area (Å²) in [6, 6.07) is 17.3. The molecule has 3 aromatic carbocycles. The molecule has 9 nitrogen and oxygen atoms in total. The Bertz CT molecular complexity index is 1650. The Morgan fingerprint density at radius 2 is 1.71 bits per heavy atom. The number of fused-ring (bicyclic) bond motifs is 1. The summed E-state index contributed by atoms with van der Waals surface area (Å²) in [5.41, 5.74) is 0.975. The Morgan fingerprint density at radius 1 is 1.05 bits per heavy atom. The molecule has 1 unspecified atom stereocenters. The van der Waals surface area contributed by atoms with Gasteiger partial charge in [0, 0.05) is 43.2 Å². The lowest BCUT2D eigenvalue weighted by atomic mass is 9.79. The Labute approximate surface area is 251 Å². The van der Waals surface area contributed by atoms with Gasteiger partial charge in [-0.1, -0.05) is 41.9 Å². The number of benzene rings is 3. The maximum Gasteiger partial charge on any atom is 0.245 e. The first-order valence-corrected chi connectivity index (χ1v) is 16.8. The minimum Gasteiger partial charge on any atom is -0.492 e. The fourth-order valence-corrected chi connectivity index (χ4v) is 8.41. The number of likely N-dealkylation sites (N-methyl/N-ethyl adjacent to an activating group) is 1. The van der Waals surface area contributed by atoms with E-state index in [4.69, 9.17) is 16.3 Å². The highest BCUT2D eigenvalue weighted by atomic mass is 35.5. The number of aliphatic hydroxyl groups excluding tert-OH is 1. The number of ether oxygens (including phenoxy) is 1. The van der Waals surface area contributed by atoms with E-state index in [1.54, 1.807) is 24.3 Å². The summed E-state index contributed by atoms with van der Waals surface area (Å²) >= 11 is 6.04. The largest absolute Gasteiger partial charge is 0.492 e. The number of sulfonamides is 2. The van der Waals surface area contributed by atoms with Crippen molar-refractivity contribution in [1.29, 1.82) is 0 Å². The third-order valence-electron chi connectivity index (χ3n) is 7.82. The standard InChI is InChI=1S/C29H33ClFN3O6S2/c1-33-18-24(35)17-32-41(36,37)28-11-8-22(21-6-9-23(30)10-7-21)16-26(28)40-20-29(19-33)12-14-34(15-13-29)42(38,39)27-5-3-2-4-25(27)31/h2-11,16,24,32,35H,12-15,17-20H2,1H3. The highest BCUT2D eigenvalue weighted by molar-refractivity contribution is 7.89. The van der Waals surface area contributed by atoms with Crippen LogP contribution in [0.3, 0.4) is 0 Å². The predicted molar refractivity (Wildman–Crippen MR) is 158 cm³/mol. The lowest BCUT2D eigenvalue weighted by Crippen LogP contribution is -2.51. The molecule has 0 aliphatic carbocycles. The van der Waals surface area contributed by atoms with E-state index in [1.165, 1.54) is 28.6 Å². The maximum atomic E-state index is 14.4. The van der Waals surface area contributed by atoms with Crippen molar-refractivity contribution in [2.45, 2.75) is 28.7 Å². The van der Waals surface area contributed by atoms with Crippen molar-refractivity contribution in [3.8, 4) is 16.9 Å². The van der Waals surface area contributed by atoms with Crippen molar-refractivity contribution >= 4 is 31.6 Å². The first-order chi connectivity index (χ1) is 19.9. The van der Waals surface area contributed by atoms with Gasteiger partial charge in [-0.2, -0.15) is 4.31 Å². The van der Waals surface area contributed by atoms with Crippen LogP contribution in [0.25, 0.3) is 11.1 Å². The number of β-amino-alcohol motifs (C(OH)–C–C–N with tert-alkyl or cyclic N) is 1. The molecule has 1 saturated heterocycles. The van der Waals surface area contributed by atoms with Gasteiger partial charge in [-0.3, -0.25) is 0 Å². The molecule has 226 valence electrons. The molecule has 0 aromatic heterocycles. The number of aliphatic hydroxyl groups is 1. The third kappa shape index (κ3) is 6.65. The van der Waals surface area contributed by atoms with Gasteiger partial charge >= 0.3 is 0 Å². The Balaban J connectivity index is 1.47. The van der Waals surface area contributed by atoms with Crippen LogP contribution < -0.4 is 9.46 Å². The SMILES string of the molecule is CN1CC(O)CNS(=O)(=O)c2ccc(-c3ccc(Cl)cc3)cc2OCC2(CCN(S(=O)(=O)c3ccccc3F)CC2)C1. The lowest BCUT2D eigenvalue weighted by Gasteiger charge is -2.43. The summed E-state index contributed by atoms with van der Waals surface area (Å²) in [5, 5.41) is 11.2. The van der Waals surface area contributed by atoms with Gasteiger partial charge in [-0.05, 0) is 67.4 Å². The molecule has 1 spiro atoms. The second kappa shape index (κ2) is 12.2. The fourth-order valence-electron chi connectivity index (χ4n) is 5.58. The number of nitrogens with one attached hydrogen (secondary N) is 1. The summed E-state index contributed by atoms with van der Waals surface area (Å²) < 4.78 is 77.5. The molecule has 3 aromatic rings. The molecule has 1 atom stereocenters. The van der Waals surface area contributed by atoms with Gasteiger partial charge in [0.05, 0.1) is 12.7 Å². The average Bonchev–Trinajstić information content (AvgIpc) is 2.95. The zero-order valence-corrected chi connectivity index (χ0v) is 25.4. The molecule has 0 saturated carbocycles. The van der Waals surface area contributed by atoms with Crippen LogP contribution in [0, 0.1) is 11.2 Å². The van der Waals surface area contributed by atoms with Crippen molar-refractivity contribution in [1.82, 2.24) is 13.9 Å². The van der Waals surface area contributed by atoms with Crippen molar-refractivity contribution < 1.29 is 31.1 Å². The first kappa shape index (κ1) is 30.9.